The van der Waals surface area contributed by atoms with Gasteiger partial charge in [0, 0.05) is 54.0 Å². The lowest BCUT2D eigenvalue weighted by molar-refractivity contribution is 0.402. The molecule has 34 heavy (non-hydrogen) atoms. The van der Waals surface area contributed by atoms with Gasteiger partial charge in [0.2, 0.25) is 0 Å². The number of H-pyrrole nitrogens is 2. The summed E-state index contributed by atoms with van der Waals surface area (Å²) in [5, 5.41) is 8.69. The number of hydrogen-bond acceptors (Lipinski definition) is 6. The maximum Gasteiger partial charge on any atom is 0.138 e. The summed E-state index contributed by atoms with van der Waals surface area (Å²) in [7, 11) is 4.09. The molecule has 0 aliphatic carbocycles. The Morgan fingerprint density at radius 2 is 1.82 bits per heavy atom. The molecule has 0 saturated carbocycles. The number of rotatable bonds is 5. The minimum Gasteiger partial charge on any atom is -0.338 e. The molecular weight excluding hydrogens is 424 g/mol. The number of fused-ring (bicyclic) bond motifs is 2. The third kappa shape index (κ3) is 3.60. The van der Waals surface area contributed by atoms with Crippen LogP contribution in [-0.2, 0) is 6.54 Å². The van der Waals surface area contributed by atoms with Crippen LogP contribution in [0, 0.1) is 0 Å². The van der Waals surface area contributed by atoms with Crippen LogP contribution in [0.4, 0.5) is 0 Å². The van der Waals surface area contributed by atoms with E-state index >= 15 is 0 Å². The zero-order valence-corrected chi connectivity index (χ0v) is 18.8. The molecule has 0 radical (unpaired) electrons. The Labute approximate surface area is 195 Å². The van der Waals surface area contributed by atoms with Crippen molar-refractivity contribution in [3.63, 3.8) is 0 Å². The molecule has 0 atom stereocenters. The average molecular weight is 447 g/mol. The van der Waals surface area contributed by atoms with Gasteiger partial charge < -0.3 is 9.88 Å². The van der Waals surface area contributed by atoms with Gasteiger partial charge in [-0.05, 0) is 61.6 Å². The minimum atomic E-state index is 0.754. The maximum absolute atomic E-state index is 4.96. The molecule has 0 bridgehead atoms. The monoisotopic (exact) mass is 446 g/mol. The average Bonchev–Trinajstić information content (AvgIpc) is 3.48. The number of pyridine rings is 4. The molecular formula is C26H22N8. The van der Waals surface area contributed by atoms with E-state index in [9.17, 15) is 0 Å². The van der Waals surface area contributed by atoms with Crippen molar-refractivity contribution in [3.05, 3.63) is 79.0 Å². The van der Waals surface area contributed by atoms with Crippen molar-refractivity contribution in [1.29, 1.82) is 0 Å². The van der Waals surface area contributed by atoms with Crippen molar-refractivity contribution < 1.29 is 0 Å². The molecule has 0 aliphatic rings. The van der Waals surface area contributed by atoms with E-state index < -0.39 is 0 Å². The normalized spacial score (nSPS) is 11.6. The van der Waals surface area contributed by atoms with E-state index in [4.69, 9.17) is 4.98 Å². The first kappa shape index (κ1) is 20.2. The third-order valence-electron chi connectivity index (χ3n) is 5.76. The van der Waals surface area contributed by atoms with Gasteiger partial charge in [-0.3, -0.25) is 15.1 Å². The second-order valence-corrected chi connectivity index (χ2v) is 8.53. The smallest absolute Gasteiger partial charge is 0.138 e. The van der Waals surface area contributed by atoms with E-state index in [1.165, 1.54) is 0 Å². The van der Waals surface area contributed by atoms with Crippen LogP contribution in [0.25, 0.3) is 55.8 Å². The maximum atomic E-state index is 4.96. The second kappa shape index (κ2) is 8.17. The Hall–Kier alpha value is -4.43. The Bertz CT molecular complexity index is 1610. The number of aromatic amines is 2. The molecule has 8 heteroatoms. The van der Waals surface area contributed by atoms with E-state index in [1.54, 1.807) is 12.4 Å². The van der Waals surface area contributed by atoms with Crippen LogP contribution in [0.2, 0.25) is 0 Å². The summed E-state index contributed by atoms with van der Waals surface area (Å²) < 4.78 is 0. The highest BCUT2D eigenvalue weighted by atomic mass is 15.1. The first-order valence-corrected chi connectivity index (χ1v) is 11.0. The minimum absolute atomic E-state index is 0.754. The van der Waals surface area contributed by atoms with E-state index in [2.05, 4.69) is 47.2 Å². The van der Waals surface area contributed by atoms with Crippen molar-refractivity contribution in [3.8, 4) is 33.8 Å². The zero-order chi connectivity index (χ0) is 23.1. The van der Waals surface area contributed by atoms with Gasteiger partial charge >= 0.3 is 0 Å². The number of hydrogen-bond donors (Lipinski definition) is 2. The Morgan fingerprint density at radius 1 is 0.912 bits per heavy atom. The van der Waals surface area contributed by atoms with Crippen LogP contribution in [0.1, 0.15) is 5.56 Å². The molecule has 0 spiro atoms. The van der Waals surface area contributed by atoms with Gasteiger partial charge in [0.15, 0.2) is 0 Å². The highest BCUT2D eigenvalue weighted by Gasteiger charge is 2.16. The Kier molecular flexibility index (Phi) is 4.85. The van der Waals surface area contributed by atoms with Crippen molar-refractivity contribution in [2.24, 2.45) is 0 Å². The fourth-order valence-corrected chi connectivity index (χ4v) is 4.26. The summed E-state index contributed by atoms with van der Waals surface area (Å²) >= 11 is 0. The fraction of sp³-hybridized carbons (Fsp3) is 0.115. The van der Waals surface area contributed by atoms with E-state index in [0.717, 1.165) is 67.9 Å². The van der Waals surface area contributed by atoms with Crippen molar-refractivity contribution >= 4 is 22.1 Å². The first-order chi connectivity index (χ1) is 16.7. The van der Waals surface area contributed by atoms with Crippen LogP contribution in [0.3, 0.4) is 0 Å². The van der Waals surface area contributed by atoms with Gasteiger partial charge in [-0.2, -0.15) is 5.10 Å². The predicted octanol–water partition coefficient (Wildman–Crippen LogP) is 4.69. The van der Waals surface area contributed by atoms with Crippen molar-refractivity contribution in [1.82, 2.24) is 40.0 Å². The van der Waals surface area contributed by atoms with Crippen LogP contribution in [-0.4, -0.2) is 54.1 Å². The largest absolute Gasteiger partial charge is 0.338 e. The molecule has 6 rings (SSSR count). The highest BCUT2D eigenvalue weighted by molar-refractivity contribution is 5.98. The number of nitrogens with one attached hydrogen (secondary N) is 2. The van der Waals surface area contributed by atoms with Crippen LogP contribution >= 0.6 is 0 Å². The molecule has 0 unspecified atom stereocenters. The van der Waals surface area contributed by atoms with Gasteiger partial charge in [-0.15, -0.1) is 0 Å². The van der Waals surface area contributed by atoms with Gasteiger partial charge in [-0.1, -0.05) is 6.07 Å². The quantitative estimate of drug-likeness (QED) is 0.399. The van der Waals surface area contributed by atoms with Gasteiger partial charge in [-0.25, -0.2) is 9.97 Å². The Morgan fingerprint density at radius 3 is 2.68 bits per heavy atom. The van der Waals surface area contributed by atoms with Crippen LogP contribution in [0.15, 0.2) is 73.4 Å². The molecule has 6 heterocycles. The van der Waals surface area contributed by atoms with Crippen LogP contribution in [0.5, 0.6) is 0 Å². The molecule has 0 saturated heterocycles. The molecule has 0 fully saturated rings. The van der Waals surface area contributed by atoms with Gasteiger partial charge in [0.25, 0.3) is 0 Å². The summed E-state index contributed by atoms with van der Waals surface area (Å²) in [6.07, 6.45) is 9.17. The number of aromatic nitrogens is 7. The molecule has 2 N–H and O–H groups in total. The molecule has 0 aromatic carbocycles. The summed E-state index contributed by atoms with van der Waals surface area (Å²) in [4.78, 5) is 23.7. The van der Waals surface area contributed by atoms with E-state index in [1.807, 2.05) is 63.0 Å². The van der Waals surface area contributed by atoms with Crippen molar-refractivity contribution in [2.45, 2.75) is 6.54 Å². The SMILES string of the molecule is CN(C)Cc1cncc(-c2ccc3[nH]nc(-c4cc5c(-c6cccnc6)ccnc5[nH]4)c3n2)c1. The molecule has 0 amide bonds. The van der Waals surface area contributed by atoms with Crippen molar-refractivity contribution in [2.75, 3.05) is 14.1 Å². The molecule has 0 aliphatic heterocycles. The molecule has 8 nitrogen and oxygen atoms in total. The summed E-state index contributed by atoms with van der Waals surface area (Å²) in [5.41, 5.74) is 9.15. The standard InChI is InChI=1S/C26H22N8/c1-34(2)15-16-10-18(14-28-12-16)21-5-6-22-24(30-21)25(33-32-22)23-11-20-19(7-9-29-26(20)31-23)17-4-3-8-27-13-17/h3-14H,15H2,1-2H3,(H,29,31)(H,32,33). The lowest BCUT2D eigenvalue weighted by atomic mass is 10.1. The topological polar surface area (TPSA) is 99.3 Å². The summed E-state index contributed by atoms with van der Waals surface area (Å²) in [6.45, 7) is 0.821. The molecule has 166 valence electrons. The zero-order valence-electron chi connectivity index (χ0n) is 18.8. The number of nitrogens with zero attached hydrogens (tertiary/aromatic N) is 6. The van der Waals surface area contributed by atoms with Crippen LogP contribution < -0.4 is 0 Å². The Balaban J connectivity index is 1.45. The highest BCUT2D eigenvalue weighted by Crippen LogP contribution is 2.33. The lowest BCUT2D eigenvalue weighted by Gasteiger charge is -2.10. The molecule has 6 aromatic heterocycles. The van der Waals surface area contributed by atoms with E-state index in [0.29, 0.717) is 0 Å². The summed E-state index contributed by atoms with van der Waals surface area (Å²) in [6, 6.07) is 14.2. The van der Waals surface area contributed by atoms with Gasteiger partial charge in [0.05, 0.1) is 16.9 Å². The first-order valence-electron chi connectivity index (χ1n) is 11.0. The summed E-state index contributed by atoms with van der Waals surface area (Å²) in [5.74, 6) is 0. The van der Waals surface area contributed by atoms with E-state index in [-0.39, 0.29) is 0 Å². The fourth-order valence-electron chi connectivity index (χ4n) is 4.26. The van der Waals surface area contributed by atoms with Gasteiger partial charge in [0.1, 0.15) is 16.9 Å². The third-order valence-corrected chi connectivity index (χ3v) is 5.76. The molecule has 6 aromatic rings. The predicted molar refractivity (Wildman–Crippen MR) is 133 cm³/mol. The lowest BCUT2D eigenvalue weighted by Crippen LogP contribution is -2.10. The second-order valence-electron chi connectivity index (χ2n) is 8.53.